The highest BCUT2D eigenvalue weighted by Crippen LogP contribution is 2.35. The van der Waals surface area contributed by atoms with Gasteiger partial charge in [0.05, 0.1) is 12.5 Å². The number of esters is 1. The first-order valence-electron chi connectivity index (χ1n) is 6.69. The van der Waals surface area contributed by atoms with Crippen molar-refractivity contribution in [3.8, 4) is 0 Å². The largest absolute Gasteiger partial charge is 0.469 e. The van der Waals surface area contributed by atoms with E-state index in [-0.39, 0.29) is 5.97 Å². The fourth-order valence-corrected chi connectivity index (χ4v) is 2.61. The van der Waals surface area contributed by atoms with Crippen molar-refractivity contribution in [2.75, 3.05) is 20.2 Å². The van der Waals surface area contributed by atoms with Crippen molar-refractivity contribution < 1.29 is 9.53 Å². The van der Waals surface area contributed by atoms with E-state index in [4.69, 9.17) is 4.74 Å². The summed E-state index contributed by atoms with van der Waals surface area (Å²) in [5.41, 5.74) is -0.00970. The Morgan fingerprint density at radius 3 is 2.41 bits per heavy atom. The molecule has 0 bridgehead atoms. The van der Waals surface area contributed by atoms with Crippen LogP contribution < -0.4 is 5.32 Å². The van der Waals surface area contributed by atoms with E-state index in [1.807, 2.05) is 13.8 Å². The van der Waals surface area contributed by atoms with Crippen LogP contribution in [-0.4, -0.2) is 26.2 Å². The highest BCUT2D eigenvalue weighted by Gasteiger charge is 2.31. The number of hydrogen-bond donors (Lipinski definition) is 1. The third kappa shape index (κ3) is 4.30. The van der Waals surface area contributed by atoms with Gasteiger partial charge in [0.1, 0.15) is 0 Å². The lowest BCUT2D eigenvalue weighted by atomic mass is 9.75. The molecule has 17 heavy (non-hydrogen) atoms. The van der Waals surface area contributed by atoms with Gasteiger partial charge in [0, 0.05) is 13.1 Å². The highest BCUT2D eigenvalue weighted by molar-refractivity contribution is 5.76. The monoisotopic (exact) mass is 241 g/mol. The van der Waals surface area contributed by atoms with Crippen LogP contribution in [-0.2, 0) is 9.53 Å². The molecule has 1 saturated carbocycles. The number of nitrogens with one attached hydrogen (secondary N) is 1. The predicted molar refractivity (Wildman–Crippen MR) is 69.9 cm³/mol. The quantitative estimate of drug-likeness (QED) is 0.752. The van der Waals surface area contributed by atoms with Gasteiger partial charge in [-0.05, 0) is 32.1 Å². The molecule has 1 fully saturated rings. The molecular weight excluding hydrogens is 214 g/mol. The molecule has 1 aliphatic carbocycles. The molecule has 100 valence electrons. The molecule has 1 N–H and O–H groups in total. The zero-order valence-electron chi connectivity index (χ0n) is 11.8. The fourth-order valence-electron chi connectivity index (χ4n) is 2.61. The third-order valence-electron chi connectivity index (χ3n) is 3.92. The van der Waals surface area contributed by atoms with Gasteiger partial charge in [-0.25, -0.2) is 0 Å². The predicted octanol–water partition coefficient (Wildman–Crippen LogP) is 2.75. The van der Waals surface area contributed by atoms with Gasteiger partial charge in [0.15, 0.2) is 0 Å². The lowest BCUT2D eigenvalue weighted by Gasteiger charge is -2.35. The second-order valence-corrected chi connectivity index (χ2v) is 6.35. The molecule has 0 aromatic carbocycles. The Morgan fingerprint density at radius 1 is 1.29 bits per heavy atom. The van der Waals surface area contributed by atoms with E-state index < -0.39 is 5.41 Å². The van der Waals surface area contributed by atoms with Gasteiger partial charge in [-0.15, -0.1) is 0 Å². The van der Waals surface area contributed by atoms with E-state index in [2.05, 4.69) is 12.2 Å². The van der Waals surface area contributed by atoms with Crippen molar-refractivity contribution in [1.29, 1.82) is 0 Å². The zero-order chi connectivity index (χ0) is 12.9. The van der Waals surface area contributed by atoms with Gasteiger partial charge < -0.3 is 10.1 Å². The van der Waals surface area contributed by atoms with Crippen LogP contribution in [0.25, 0.3) is 0 Å². The molecule has 1 rings (SSSR count). The minimum Gasteiger partial charge on any atom is -0.469 e. The number of rotatable bonds is 5. The van der Waals surface area contributed by atoms with Crippen molar-refractivity contribution in [2.24, 2.45) is 10.8 Å². The van der Waals surface area contributed by atoms with Gasteiger partial charge in [0.2, 0.25) is 0 Å². The van der Waals surface area contributed by atoms with Crippen LogP contribution in [0.4, 0.5) is 0 Å². The molecule has 0 radical (unpaired) electrons. The summed E-state index contributed by atoms with van der Waals surface area (Å²) in [5, 5.41) is 3.45. The van der Waals surface area contributed by atoms with Crippen LogP contribution in [0.15, 0.2) is 0 Å². The summed E-state index contributed by atoms with van der Waals surface area (Å²) in [6.07, 6.45) is 6.68. The lowest BCUT2D eigenvalue weighted by molar-refractivity contribution is -0.150. The molecule has 1 aliphatic rings. The van der Waals surface area contributed by atoms with Gasteiger partial charge in [0.25, 0.3) is 0 Å². The minimum absolute atomic E-state index is 0.140. The first-order chi connectivity index (χ1) is 7.90. The Kier molecular flexibility index (Phi) is 4.99. The SMILES string of the molecule is COC(=O)C(C)(C)CNCC1(C)CCCCC1. The summed E-state index contributed by atoms with van der Waals surface area (Å²) in [7, 11) is 1.45. The van der Waals surface area contributed by atoms with E-state index >= 15 is 0 Å². The van der Waals surface area contributed by atoms with E-state index in [9.17, 15) is 4.79 Å². The van der Waals surface area contributed by atoms with Crippen molar-refractivity contribution in [3.05, 3.63) is 0 Å². The Labute approximate surface area is 105 Å². The van der Waals surface area contributed by atoms with Crippen molar-refractivity contribution in [2.45, 2.75) is 52.9 Å². The Bertz CT molecular complexity index is 255. The van der Waals surface area contributed by atoms with Crippen LogP contribution >= 0.6 is 0 Å². The van der Waals surface area contributed by atoms with Gasteiger partial charge >= 0.3 is 5.97 Å². The number of carbonyl (C=O) groups excluding carboxylic acids is 1. The van der Waals surface area contributed by atoms with Crippen molar-refractivity contribution >= 4 is 5.97 Å². The molecule has 0 amide bonds. The fraction of sp³-hybridized carbons (Fsp3) is 0.929. The molecule has 0 heterocycles. The molecule has 0 atom stereocenters. The maximum Gasteiger partial charge on any atom is 0.312 e. The smallest absolute Gasteiger partial charge is 0.312 e. The second kappa shape index (κ2) is 5.85. The summed E-state index contributed by atoms with van der Waals surface area (Å²) in [6, 6.07) is 0. The first kappa shape index (κ1) is 14.5. The van der Waals surface area contributed by atoms with Crippen LogP contribution in [0.5, 0.6) is 0 Å². The molecule has 0 saturated heterocycles. The molecule has 0 aliphatic heterocycles. The molecule has 0 aromatic rings. The Balaban J connectivity index is 2.33. The lowest BCUT2D eigenvalue weighted by Crippen LogP contribution is -2.41. The van der Waals surface area contributed by atoms with E-state index in [0.717, 1.165) is 6.54 Å². The minimum atomic E-state index is -0.431. The average Bonchev–Trinajstić information content (AvgIpc) is 2.28. The molecule has 3 heteroatoms. The van der Waals surface area contributed by atoms with E-state index in [1.54, 1.807) is 0 Å². The third-order valence-corrected chi connectivity index (χ3v) is 3.92. The summed E-state index contributed by atoms with van der Waals surface area (Å²) < 4.78 is 4.80. The maximum absolute atomic E-state index is 11.5. The first-order valence-corrected chi connectivity index (χ1v) is 6.69. The summed E-state index contributed by atoms with van der Waals surface area (Å²) in [5.74, 6) is -0.140. The van der Waals surface area contributed by atoms with Crippen LogP contribution in [0.2, 0.25) is 0 Å². The van der Waals surface area contributed by atoms with Crippen LogP contribution in [0, 0.1) is 10.8 Å². The zero-order valence-corrected chi connectivity index (χ0v) is 11.8. The number of methoxy groups -OCH3 is 1. The van der Waals surface area contributed by atoms with Gasteiger partial charge in [-0.3, -0.25) is 4.79 Å². The summed E-state index contributed by atoms with van der Waals surface area (Å²) in [4.78, 5) is 11.5. The number of carbonyl (C=O) groups is 1. The molecule has 0 unspecified atom stereocenters. The molecule has 0 aromatic heterocycles. The number of hydrogen-bond acceptors (Lipinski definition) is 3. The van der Waals surface area contributed by atoms with Gasteiger partial charge in [-0.2, -0.15) is 0 Å². The second-order valence-electron chi connectivity index (χ2n) is 6.35. The Morgan fingerprint density at radius 2 is 1.88 bits per heavy atom. The van der Waals surface area contributed by atoms with Crippen molar-refractivity contribution in [3.63, 3.8) is 0 Å². The molecule has 0 spiro atoms. The van der Waals surface area contributed by atoms with E-state index in [0.29, 0.717) is 12.0 Å². The summed E-state index contributed by atoms with van der Waals surface area (Å²) in [6.45, 7) is 7.90. The molecule has 3 nitrogen and oxygen atoms in total. The van der Waals surface area contributed by atoms with Crippen LogP contribution in [0.3, 0.4) is 0 Å². The maximum atomic E-state index is 11.5. The normalized spacial score (nSPS) is 20.0. The molecular formula is C14H27NO2. The Hall–Kier alpha value is -0.570. The summed E-state index contributed by atoms with van der Waals surface area (Å²) >= 11 is 0. The van der Waals surface area contributed by atoms with Crippen molar-refractivity contribution in [1.82, 2.24) is 5.32 Å². The number of ether oxygens (including phenoxy) is 1. The highest BCUT2D eigenvalue weighted by atomic mass is 16.5. The average molecular weight is 241 g/mol. The standard InChI is InChI=1S/C14H27NO2/c1-13(2,12(16)17-4)10-15-11-14(3)8-6-5-7-9-14/h15H,5-11H2,1-4H3. The van der Waals surface area contributed by atoms with E-state index in [1.165, 1.54) is 39.2 Å². The topological polar surface area (TPSA) is 38.3 Å². The van der Waals surface area contributed by atoms with Gasteiger partial charge in [-0.1, -0.05) is 26.2 Å². The van der Waals surface area contributed by atoms with Crippen LogP contribution in [0.1, 0.15) is 52.9 Å².